The summed E-state index contributed by atoms with van der Waals surface area (Å²) in [4.78, 5) is 16.1. The van der Waals surface area contributed by atoms with Gasteiger partial charge in [0.05, 0.1) is 6.04 Å². The summed E-state index contributed by atoms with van der Waals surface area (Å²) in [5, 5.41) is 0. The number of nitrogens with two attached hydrogens (primary N) is 1. The molecule has 17 heavy (non-hydrogen) atoms. The van der Waals surface area contributed by atoms with Crippen LogP contribution >= 0.6 is 0 Å². The maximum Gasteiger partial charge on any atom is 0.239 e. The smallest absolute Gasteiger partial charge is 0.239 e. The van der Waals surface area contributed by atoms with Crippen LogP contribution in [0.1, 0.15) is 33.6 Å². The summed E-state index contributed by atoms with van der Waals surface area (Å²) < 4.78 is 0. The Morgan fingerprint density at radius 1 is 1.47 bits per heavy atom. The van der Waals surface area contributed by atoms with Crippen molar-refractivity contribution in [3.05, 3.63) is 0 Å². The van der Waals surface area contributed by atoms with Crippen LogP contribution < -0.4 is 5.73 Å². The topological polar surface area (TPSA) is 49.6 Å². The number of amides is 1. The minimum absolute atomic E-state index is 0.0990. The van der Waals surface area contributed by atoms with Crippen LogP contribution in [0, 0.1) is 5.92 Å². The van der Waals surface area contributed by atoms with E-state index in [1.807, 2.05) is 4.90 Å². The fourth-order valence-electron chi connectivity index (χ4n) is 2.32. The summed E-state index contributed by atoms with van der Waals surface area (Å²) in [5.41, 5.74) is 5.66. The van der Waals surface area contributed by atoms with Crippen molar-refractivity contribution in [2.45, 2.75) is 45.7 Å². The molecule has 1 saturated heterocycles. The first-order valence-electron chi connectivity index (χ1n) is 6.66. The Balaban J connectivity index is 2.46. The fourth-order valence-corrected chi connectivity index (χ4v) is 2.32. The van der Waals surface area contributed by atoms with Crippen molar-refractivity contribution < 1.29 is 4.79 Å². The van der Waals surface area contributed by atoms with E-state index in [4.69, 9.17) is 5.73 Å². The van der Waals surface area contributed by atoms with Gasteiger partial charge in [0.15, 0.2) is 0 Å². The molecule has 1 fully saturated rings. The van der Waals surface area contributed by atoms with Crippen LogP contribution in [0.4, 0.5) is 0 Å². The van der Waals surface area contributed by atoms with Gasteiger partial charge in [-0.25, -0.2) is 0 Å². The Morgan fingerprint density at radius 2 is 2.12 bits per heavy atom. The Labute approximate surface area is 105 Å². The van der Waals surface area contributed by atoms with Gasteiger partial charge in [-0.1, -0.05) is 0 Å². The Hall–Kier alpha value is -0.610. The van der Waals surface area contributed by atoms with Gasteiger partial charge in [-0.3, -0.25) is 4.79 Å². The van der Waals surface area contributed by atoms with E-state index in [0.29, 0.717) is 12.0 Å². The molecule has 0 spiro atoms. The molecule has 0 aliphatic carbocycles. The predicted octanol–water partition coefficient (Wildman–Crippen LogP) is 0.912. The number of hydrogen-bond donors (Lipinski definition) is 1. The lowest BCUT2D eigenvalue weighted by Gasteiger charge is -2.36. The number of nitrogens with zero attached hydrogens (tertiary/aromatic N) is 2. The highest BCUT2D eigenvalue weighted by Crippen LogP contribution is 2.18. The van der Waals surface area contributed by atoms with Crippen molar-refractivity contribution in [2.24, 2.45) is 11.7 Å². The van der Waals surface area contributed by atoms with Crippen molar-refractivity contribution in [1.82, 2.24) is 9.80 Å². The highest BCUT2D eigenvalue weighted by Gasteiger charge is 2.26. The van der Waals surface area contributed by atoms with Gasteiger partial charge in [-0.2, -0.15) is 0 Å². The molecule has 0 aromatic rings. The third kappa shape index (κ3) is 4.28. The normalized spacial score (nSPS) is 23.2. The van der Waals surface area contributed by atoms with Crippen LogP contribution in [0.2, 0.25) is 0 Å². The molecule has 0 unspecified atom stereocenters. The van der Waals surface area contributed by atoms with Gasteiger partial charge >= 0.3 is 0 Å². The maximum absolute atomic E-state index is 11.9. The van der Waals surface area contributed by atoms with Crippen molar-refractivity contribution in [1.29, 1.82) is 0 Å². The summed E-state index contributed by atoms with van der Waals surface area (Å²) in [6, 6.07) is 0.200. The first-order chi connectivity index (χ1) is 7.91. The summed E-state index contributed by atoms with van der Waals surface area (Å²) >= 11 is 0. The highest BCUT2D eigenvalue weighted by atomic mass is 16.2. The van der Waals surface area contributed by atoms with E-state index in [1.54, 1.807) is 6.92 Å². The van der Waals surface area contributed by atoms with Crippen LogP contribution in [0.3, 0.4) is 0 Å². The monoisotopic (exact) mass is 241 g/mol. The highest BCUT2D eigenvalue weighted by molar-refractivity contribution is 5.81. The largest absolute Gasteiger partial charge is 0.341 e. The standard InChI is InChI=1S/C13H27N3O/c1-10(2)15(4)8-12-6-5-7-16(9-12)13(17)11(3)14/h10-12H,5-9,14H2,1-4H3/t11-,12-/m0/s1. The number of rotatable bonds is 4. The Bertz CT molecular complexity index is 253. The van der Waals surface area contributed by atoms with Gasteiger partial charge in [-0.15, -0.1) is 0 Å². The van der Waals surface area contributed by atoms with Gasteiger partial charge in [0.2, 0.25) is 5.91 Å². The van der Waals surface area contributed by atoms with Crippen LogP contribution in [-0.2, 0) is 4.79 Å². The third-order valence-corrected chi connectivity index (χ3v) is 3.65. The van der Waals surface area contributed by atoms with Gasteiger partial charge in [0.1, 0.15) is 0 Å². The van der Waals surface area contributed by atoms with E-state index in [-0.39, 0.29) is 11.9 Å². The predicted molar refractivity (Wildman–Crippen MR) is 70.7 cm³/mol. The van der Waals surface area contributed by atoms with E-state index in [0.717, 1.165) is 26.1 Å². The van der Waals surface area contributed by atoms with Crippen LogP contribution in [0.25, 0.3) is 0 Å². The van der Waals surface area contributed by atoms with Crippen molar-refractivity contribution in [2.75, 3.05) is 26.7 Å². The van der Waals surface area contributed by atoms with Gasteiger partial charge in [0, 0.05) is 25.7 Å². The molecule has 4 heteroatoms. The first kappa shape index (κ1) is 14.5. The second-order valence-corrected chi connectivity index (χ2v) is 5.61. The number of piperidine rings is 1. The van der Waals surface area contributed by atoms with Crippen LogP contribution in [0.5, 0.6) is 0 Å². The van der Waals surface area contributed by atoms with E-state index < -0.39 is 0 Å². The summed E-state index contributed by atoms with van der Waals surface area (Å²) in [6.45, 7) is 8.99. The second-order valence-electron chi connectivity index (χ2n) is 5.61. The molecule has 0 aromatic carbocycles. The minimum atomic E-state index is -0.364. The molecule has 2 N–H and O–H groups in total. The second kappa shape index (κ2) is 6.36. The summed E-state index contributed by atoms with van der Waals surface area (Å²) in [7, 11) is 2.15. The zero-order valence-electron chi connectivity index (χ0n) is 11.6. The molecule has 1 rings (SSSR count). The Kier molecular flexibility index (Phi) is 5.40. The summed E-state index contributed by atoms with van der Waals surface area (Å²) in [6.07, 6.45) is 2.33. The minimum Gasteiger partial charge on any atom is -0.341 e. The molecule has 1 heterocycles. The molecule has 0 aromatic heterocycles. The molecule has 1 amide bonds. The lowest BCUT2D eigenvalue weighted by atomic mass is 9.96. The van der Waals surface area contributed by atoms with E-state index in [2.05, 4.69) is 25.8 Å². The van der Waals surface area contributed by atoms with Crippen molar-refractivity contribution >= 4 is 5.91 Å². The molecule has 0 radical (unpaired) electrons. The maximum atomic E-state index is 11.9. The van der Waals surface area contributed by atoms with E-state index >= 15 is 0 Å². The number of hydrogen-bond acceptors (Lipinski definition) is 3. The van der Waals surface area contributed by atoms with Crippen molar-refractivity contribution in [3.8, 4) is 0 Å². The average Bonchev–Trinajstić information content (AvgIpc) is 2.28. The molecular weight excluding hydrogens is 214 g/mol. The molecule has 0 bridgehead atoms. The van der Waals surface area contributed by atoms with E-state index in [1.165, 1.54) is 6.42 Å². The molecule has 1 aliphatic rings. The quantitative estimate of drug-likeness (QED) is 0.796. The van der Waals surface area contributed by atoms with Crippen molar-refractivity contribution in [3.63, 3.8) is 0 Å². The zero-order chi connectivity index (χ0) is 13.0. The third-order valence-electron chi connectivity index (χ3n) is 3.65. The first-order valence-corrected chi connectivity index (χ1v) is 6.66. The lowest BCUT2D eigenvalue weighted by molar-refractivity contribution is -0.134. The molecule has 0 saturated carbocycles. The SMILES string of the molecule is CC(C)N(C)C[C@@H]1CCCN(C(=O)[C@H](C)N)C1. The molecule has 4 nitrogen and oxygen atoms in total. The Morgan fingerprint density at radius 3 is 2.65 bits per heavy atom. The molecule has 2 atom stereocenters. The fraction of sp³-hybridized carbons (Fsp3) is 0.923. The molecule has 1 aliphatic heterocycles. The van der Waals surface area contributed by atoms with E-state index in [9.17, 15) is 4.79 Å². The van der Waals surface area contributed by atoms with Gasteiger partial charge in [0.25, 0.3) is 0 Å². The number of carbonyl (C=O) groups excluding carboxylic acids is 1. The molecular formula is C13H27N3O. The number of likely N-dealkylation sites (tertiary alicyclic amines) is 1. The van der Waals surface area contributed by atoms with Crippen LogP contribution in [0.15, 0.2) is 0 Å². The lowest BCUT2D eigenvalue weighted by Crippen LogP contribution is -2.48. The number of carbonyl (C=O) groups is 1. The average molecular weight is 241 g/mol. The zero-order valence-corrected chi connectivity index (χ0v) is 11.6. The van der Waals surface area contributed by atoms with Gasteiger partial charge in [-0.05, 0) is 46.6 Å². The van der Waals surface area contributed by atoms with Gasteiger partial charge < -0.3 is 15.5 Å². The van der Waals surface area contributed by atoms with Crippen LogP contribution in [-0.4, -0.2) is 54.5 Å². The summed E-state index contributed by atoms with van der Waals surface area (Å²) in [5.74, 6) is 0.695. The molecule has 100 valence electrons.